The van der Waals surface area contributed by atoms with Crippen molar-refractivity contribution in [2.75, 3.05) is 21.3 Å². The molecule has 1 fully saturated rings. The average Bonchev–Trinajstić information content (AvgIpc) is 3.20. The van der Waals surface area contributed by atoms with Gasteiger partial charge in [0.05, 0.1) is 37.1 Å². The molecule has 0 N–H and O–H groups in total. The standard InChI is InChI=1S/C20H23BrClN3O3/c1-25(13-8-7-12(9-13)20(26)28-3)11-17-19(27-2)24-16(10-23-17)14-5-4-6-15(21)18(14)22/h4-6,10,12-13H,7-9,11H2,1-3H3/t12-,13-/m0/s1. The highest BCUT2D eigenvalue weighted by Gasteiger charge is 2.33. The Labute approximate surface area is 178 Å². The number of ether oxygens (including phenoxy) is 2. The van der Waals surface area contributed by atoms with Crippen LogP contribution < -0.4 is 4.74 Å². The smallest absolute Gasteiger partial charge is 0.308 e. The van der Waals surface area contributed by atoms with E-state index in [1.54, 1.807) is 13.3 Å². The number of carbonyl (C=O) groups is 1. The van der Waals surface area contributed by atoms with Gasteiger partial charge in [-0.05, 0) is 48.3 Å². The van der Waals surface area contributed by atoms with Crippen molar-refractivity contribution in [2.45, 2.75) is 31.8 Å². The van der Waals surface area contributed by atoms with Crippen LogP contribution in [0.1, 0.15) is 25.0 Å². The molecule has 6 nitrogen and oxygen atoms in total. The molecule has 0 amide bonds. The molecule has 28 heavy (non-hydrogen) atoms. The van der Waals surface area contributed by atoms with Gasteiger partial charge in [0.25, 0.3) is 0 Å². The second kappa shape index (κ2) is 9.20. The highest BCUT2D eigenvalue weighted by Crippen LogP contribution is 2.34. The zero-order valence-electron chi connectivity index (χ0n) is 16.1. The maximum atomic E-state index is 11.8. The van der Waals surface area contributed by atoms with Gasteiger partial charge >= 0.3 is 5.97 Å². The molecule has 0 spiro atoms. The van der Waals surface area contributed by atoms with E-state index in [-0.39, 0.29) is 11.9 Å². The number of esters is 1. The van der Waals surface area contributed by atoms with Gasteiger partial charge in [-0.2, -0.15) is 0 Å². The van der Waals surface area contributed by atoms with E-state index in [1.165, 1.54) is 7.11 Å². The topological polar surface area (TPSA) is 64.5 Å². The van der Waals surface area contributed by atoms with Crippen LogP contribution in [-0.2, 0) is 16.1 Å². The first-order chi connectivity index (χ1) is 13.4. The summed E-state index contributed by atoms with van der Waals surface area (Å²) in [6.45, 7) is 0.585. The van der Waals surface area contributed by atoms with Crippen molar-refractivity contribution < 1.29 is 14.3 Å². The first kappa shape index (κ1) is 21.0. The average molecular weight is 469 g/mol. The van der Waals surface area contributed by atoms with Crippen LogP contribution in [0.2, 0.25) is 5.02 Å². The summed E-state index contributed by atoms with van der Waals surface area (Å²) in [6, 6.07) is 5.98. The lowest BCUT2D eigenvalue weighted by atomic mass is 10.1. The second-order valence-electron chi connectivity index (χ2n) is 6.91. The minimum atomic E-state index is -0.122. The summed E-state index contributed by atoms with van der Waals surface area (Å²) in [5.41, 5.74) is 2.20. The Bertz CT molecular complexity index is 865. The van der Waals surface area contributed by atoms with Gasteiger partial charge < -0.3 is 9.47 Å². The third kappa shape index (κ3) is 4.47. The molecule has 1 saturated carbocycles. The van der Waals surface area contributed by atoms with Crippen molar-refractivity contribution in [3.8, 4) is 17.1 Å². The summed E-state index contributed by atoms with van der Waals surface area (Å²) in [4.78, 5) is 23.2. The third-order valence-corrected chi connectivity index (χ3v) is 6.49. The van der Waals surface area contributed by atoms with Crippen molar-refractivity contribution in [3.05, 3.63) is 39.6 Å². The molecule has 0 bridgehead atoms. The van der Waals surface area contributed by atoms with Crippen molar-refractivity contribution in [1.82, 2.24) is 14.9 Å². The van der Waals surface area contributed by atoms with Gasteiger partial charge in [0.2, 0.25) is 5.88 Å². The van der Waals surface area contributed by atoms with Gasteiger partial charge in [-0.15, -0.1) is 0 Å². The molecule has 0 saturated heterocycles. The van der Waals surface area contributed by atoms with Crippen LogP contribution in [0.25, 0.3) is 11.3 Å². The van der Waals surface area contributed by atoms with E-state index in [2.05, 4.69) is 30.8 Å². The predicted octanol–water partition coefficient (Wildman–Crippen LogP) is 4.34. The summed E-state index contributed by atoms with van der Waals surface area (Å²) in [5.74, 6) is 0.331. The Morgan fingerprint density at radius 3 is 2.86 bits per heavy atom. The highest BCUT2D eigenvalue weighted by molar-refractivity contribution is 9.10. The summed E-state index contributed by atoms with van der Waals surface area (Å²) >= 11 is 9.82. The van der Waals surface area contributed by atoms with E-state index in [0.717, 1.165) is 35.0 Å². The molecular formula is C20H23BrClN3O3. The van der Waals surface area contributed by atoms with Crippen LogP contribution in [-0.4, -0.2) is 48.1 Å². The van der Waals surface area contributed by atoms with Crippen LogP contribution in [0, 0.1) is 5.92 Å². The van der Waals surface area contributed by atoms with Crippen LogP contribution in [0.15, 0.2) is 28.9 Å². The Balaban J connectivity index is 1.76. The number of hydrogen-bond acceptors (Lipinski definition) is 6. The molecule has 3 rings (SSSR count). The van der Waals surface area contributed by atoms with Crippen molar-refractivity contribution >= 4 is 33.5 Å². The molecule has 1 aliphatic rings. The normalized spacial score (nSPS) is 19.1. The molecule has 1 aromatic heterocycles. The Morgan fingerprint density at radius 1 is 1.36 bits per heavy atom. The third-order valence-electron chi connectivity index (χ3n) is 5.19. The largest absolute Gasteiger partial charge is 0.480 e. The molecule has 1 heterocycles. The van der Waals surface area contributed by atoms with E-state index >= 15 is 0 Å². The zero-order valence-corrected chi connectivity index (χ0v) is 18.5. The number of halogens is 2. The van der Waals surface area contributed by atoms with Crippen LogP contribution in [0.3, 0.4) is 0 Å². The second-order valence-corrected chi connectivity index (χ2v) is 8.15. The number of methoxy groups -OCH3 is 2. The number of hydrogen-bond donors (Lipinski definition) is 0. The number of carbonyl (C=O) groups excluding carboxylic acids is 1. The number of benzene rings is 1. The molecular weight excluding hydrogens is 446 g/mol. The Kier molecular flexibility index (Phi) is 6.91. The van der Waals surface area contributed by atoms with E-state index in [4.69, 9.17) is 21.1 Å². The molecule has 2 atom stereocenters. The van der Waals surface area contributed by atoms with Crippen molar-refractivity contribution in [2.24, 2.45) is 5.92 Å². The monoisotopic (exact) mass is 467 g/mol. The molecule has 8 heteroatoms. The highest BCUT2D eigenvalue weighted by atomic mass is 79.9. The van der Waals surface area contributed by atoms with Gasteiger partial charge in [0.1, 0.15) is 5.69 Å². The first-order valence-electron chi connectivity index (χ1n) is 9.07. The molecule has 1 aromatic carbocycles. The summed E-state index contributed by atoms with van der Waals surface area (Å²) in [7, 11) is 5.06. The summed E-state index contributed by atoms with van der Waals surface area (Å²) in [5, 5.41) is 0.587. The molecule has 0 radical (unpaired) electrons. The molecule has 0 unspecified atom stereocenters. The fourth-order valence-electron chi connectivity index (χ4n) is 3.60. The lowest BCUT2D eigenvalue weighted by Gasteiger charge is -2.24. The lowest BCUT2D eigenvalue weighted by molar-refractivity contribution is -0.145. The fourth-order valence-corrected chi connectivity index (χ4v) is 4.19. The molecule has 0 aliphatic heterocycles. The van der Waals surface area contributed by atoms with Gasteiger partial charge in [-0.1, -0.05) is 23.7 Å². The van der Waals surface area contributed by atoms with Crippen LogP contribution in [0.5, 0.6) is 5.88 Å². The van der Waals surface area contributed by atoms with E-state index in [1.807, 2.05) is 25.2 Å². The van der Waals surface area contributed by atoms with Crippen molar-refractivity contribution in [3.63, 3.8) is 0 Å². The van der Waals surface area contributed by atoms with Crippen LogP contribution in [0.4, 0.5) is 0 Å². The minimum absolute atomic E-state index is 0.0218. The molecule has 1 aliphatic carbocycles. The van der Waals surface area contributed by atoms with Gasteiger partial charge in [0, 0.05) is 22.6 Å². The van der Waals surface area contributed by atoms with E-state index in [9.17, 15) is 4.79 Å². The maximum absolute atomic E-state index is 11.8. The van der Waals surface area contributed by atoms with E-state index < -0.39 is 0 Å². The SMILES string of the molecule is COC(=O)[C@H]1CC[C@H](N(C)Cc2ncc(-c3cccc(Br)c3Cl)nc2OC)C1. The van der Waals surface area contributed by atoms with Crippen LogP contribution >= 0.6 is 27.5 Å². The maximum Gasteiger partial charge on any atom is 0.308 e. The molecule has 150 valence electrons. The quantitative estimate of drug-likeness (QED) is 0.588. The first-order valence-corrected chi connectivity index (χ1v) is 10.2. The number of aromatic nitrogens is 2. The minimum Gasteiger partial charge on any atom is -0.480 e. The Hall–Kier alpha value is -1.70. The summed E-state index contributed by atoms with van der Waals surface area (Å²) in [6.07, 6.45) is 4.32. The van der Waals surface area contributed by atoms with Gasteiger partial charge in [-0.25, -0.2) is 4.98 Å². The number of rotatable bonds is 6. The molecule has 2 aromatic rings. The number of nitrogens with zero attached hydrogens (tertiary/aromatic N) is 3. The fraction of sp³-hybridized carbons (Fsp3) is 0.450. The van der Waals surface area contributed by atoms with Crippen molar-refractivity contribution in [1.29, 1.82) is 0 Å². The lowest BCUT2D eigenvalue weighted by Crippen LogP contribution is -2.30. The zero-order chi connectivity index (χ0) is 20.3. The predicted molar refractivity (Wildman–Crippen MR) is 111 cm³/mol. The van der Waals surface area contributed by atoms with Gasteiger partial charge in [-0.3, -0.25) is 14.7 Å². The van der Waals surface area contributed by atoms with Gasteiger partial charge in [0.15, 0.2) is 0 Å². The summed E-state index contributed by atoms with van der Waals surface area (Å²) < 4.78 is 11.2. The van der Waals surface area contributed by atoms with E-state index in [0.29, 0.717) is 29.2 Å². The Morgan fingerprint density at radius 2 is 2.14 bits per heavy atom.